The van der Waals surface area contributed by atoms with Crippen molar-refractivity contribution in [1.29, 1.82) is 0 Å². The van der Waals surface area contributed by atoms with Crippen LogP contribution in [-0.4, -0.2) is 46.1 Å². The molecule has 5 nitrogen and oxygen atoms in total. The van der Waals surface area contributed by atoms with Crippen LogP contribution in [-0.2, 0) is 4.79 Å². The van der Waals surface area contributed by atoms with E-state index in [1.807, 2.05) is 6.08 Å². The van der Waals surface area contributed by atoms with Crippen LogP contribution in [0.5, 0.6) is 0 Å². The molecule has 5 heteroatoms. The van der Waals surface area contributed by atoms with Gasteiger partial charge in [-0.05, 0) is 32.1 Å². The predicted molar refractivity (Wildman–Crippen MR) is 185 cm³/mol. The fraction of sp³-hybridized carbons (Fsp3) is 0.868. The summed E-state index contributed by atoms with van der Waals surface area (Å²) < 4.78 is 0. The summed E-state index contributed by atoms with van der Waals surface area (Å²) in [6.45, 7) is 4.16. The topological polar surface area (TPSA) is 89.8 Å². The molecule has 0 aromatic carbocycles. The zero-order chi connectivity index (χ0) is 31.6. The molecule has 4 N–H and O–H groups in total. The highest BCUT2D eigenvalue weighted by molar-refractivity contribution is 5.76. The Kier molecular flexibility index (Phi) is 32.8. The highest BCUT2D eigenvalue weighted by Crippen LogP contribution is 2.14. The third-order valence-electron chi connectivity index (χ3n) is 8.49. The summed E-state index contributed by atoms with van der Waals surface area (Å²) >= 11 is 0. The van der Waals surface area contributed by atoms with Crippen molar-refractivity contribution in [3.63, 3.8) is 0 Å². The summed E-state index contributed by atoms with van der Waals surface area (Å²) in [7, 11) is 0. The highest BCUT2D eigenvalue weighted by Gasteiger charge is 2.20. The Morgan fingerprint density at radius 2 is 1.00 bits per heavy atom. The number of aliphatic hydroxyl groups is 3. The molecule has 43 heavy (non-hydrogen) atoms. The maximum atomic E-state index is 12.3. The molecule has 0 radical (unpaired) electrons. The number of nitrogens with one attached hydrogen (secondary N) is 1. The molecular weight excluding hydrogens is 534 g/mol. The lowest BCUT2D eigenvalue weighted by atomic mass is 10.0. The molecule has 0 aliphatic rings. The van der Waals surface area contributed by atoms with Gasteiger partial charge in [0.25, 0.3) is 0 Å². The van der Waals surface area contributed by atoms with E-state index in [1.165, 1.54) is 128 Å². The third kappa shape index (κ3) is 30.6. The van der Waals surface area contributed by atoms with E-state index in [2.05, 4.69) is 31.3 Å². The van der Waals surface area contributed by atoms with Gasteiger partial charge in [0.15, 0.2) is 0 Å². The molecule has 0 aromatic heterocycles. The van der Waals surface area contributed by atoms with E-state index in [0.29, 0.717) is 6.42 Å². The molecule has 1 amide bonds. The summed E-state index contributed by atoms with van der Waals surface area (Å²) in [6, 6.07) is -0.755. The van der Waals surface area contributed by atoms with Gasteiger partial charge in [-0.25, -0.2) is 0 Å². The van der Waals surface area contributed by atoms with Crippen LogP contribution in [0.15, 0.2) is 24.3 Å². The van der Waals surface area contributed by atoms with E-state index in [4.69, 9.17) is 0 Å². The van der Waals surface area contributed by atoms with Gasteiger partial charge in [-0.3, -0.25) is 4.79 Å². The van der Waals surface area contributed by atoms with E-state index in [9.17, 15) is 20.1 Å². The van der Waals surface area contributed by atoms with Crippen LogP contribution in [0.25, 0.3) is 0 Å². The van der Waals surface area contributed by atoms with Crippen LogP contribution in [0, 0.1) is 0 Å². The molecule has 0 spiro atoms. The second-order valence-electron chi connectivity index (χ2n) is 12.8. The number of aliphatic hydroxyl groups excluding tert-OH is 3. The molecule has 0 saturated heterocycles. The molecule has 0 heterocycles. The zero-order valence-electron chi connectivity index (χ0n) is 28.6. The summed E-state index contributed by atoms with van der Waals surface area (Å²) in [5, 5.41) is 32.9. The van der Waals surface area contributed by atoms with Gasteiger partial charge in [0.05, 0.1) is 31.3 Å². The lowest BCUT2D eigenvalue weighted by molar-refractivity contribution is -0.124. The molecule has 3 atom stereocenters. The van der Waals surface area contributed by atoms with Crippen molar-refractivity contribution in [3.8, 4) is 0 Å². The number of allylic oxidation sites excluding steroid dienone is 3. The smallest absolute Gasteiger partial charge is 0.222 e. The lowest BCUT2D eigenvalue weighted by Gasteiger charge is -2.21. The summed E-state index contributed by atoms with van der Waals surface area (Å²) in [6.07, 6.45) is 38.9. The van der Waals surface area contributed by atoms with Crippen LogP contribution >= 0.6 is 0 Å². The molecule has 0 aromatic rings. The van der Waals surface area contributed by atoms with E-state index in [1.54, 1.807) is 6.08 Å². The predicted octanol–water partition coefficient (Wildman–Crippen LogP) is 9.87. The Labute approximate surface area is 267 Å². The first kappa shape index (κ1) is 41.8. The van der Waals surface area contributed by atoms with Gasteiger partial charge in [0, 0.05) is 0 Å². The second kappa shape index (κ2) is 33.7. The summed E-state index contributed by atoms with van der Waals surface area (Å²) in [4.78, 5) is 12.3. The average molecular weight is 608 g/mol. The fourth-order valence-corrected chi connectivity index (χ4v) is 5.59. The number of hydrogen-bond donors (Lipinski definition) is 4. The average Bonchev–Trinajstić information content (AvgIpc) is 3.00. The van der Waals surface area contributed by atoms with Gasteiger partial charge in [-0.1, -0.05) is 173 Å². The van der Waals surface area contributed by atoms with E-state index in [-0.39, 0.29) is 18.9 Å². The molecule has 0 rings (SSSR count). The lowest BCUT2D eigenvalue weighted by Crippen LogP contribution is -2.45. The normalized spacial score (nSPS) is 14.1. The van der Waals surface area contributed by atoms with Crippen molar-refractivity contribution in [2.45, 2.75) is 205 Å². The minimum Gasteiger partial charge on any atom is -0.394 e. The van der Waals surface area contributed by atoms with Gasteiger partial charge >= 0.3 is 0 Å². The number of rotatable bonds is 33. The van der Waals surface area contributed by atoms with E-state index in [0.717, 1.165) is 32.1 Å². The van der Waals surface area contributed by atoms with E-state index < -0.39 is 18.2 Å². The van der Waals surface area contributed by atoms with Crippen LogP contribution < -0.4 is 5.32 Å². The Balaban J connectivity index is 3.73. The minimum absolute atomic E-state index is 0.00748. The number of unbranched alkanes of at least 4 members (excludes halogenated alkanes) is 22. The minimum atomic E-state index is -0.946. The van der Waals surface area contributed by atoms with Gasteiger partial charge in [0.2, 0.25) is 5.91 Å². The fourth-order valence-electron chi connectivity index (χ4n) is 5.59. The van der Waals surface area contributed by atoms with Crippen LogP contribution in [0.2, 0.25) is 0 Å². The van der Waals surface area contributed by atoms with Gasteiger partial charge in [0.1, 0.15) is 0 Å². The molecule has 0 bridgehead atoms. The Hall–Kier alpha value is -1.17. The van der Waals surface area contributed by atoms with Crippen molar-refractivity contribution in [2.24, 2.45) is 0 Å². The summed E-state index contributed by atoms with van der Waals surface area (Å²) in [5.74, 6) is -0.329. The van der Waals surface area contributed by atoms with Crippen molar-refractivity contribution in [3.05, 3.63) is 24.3 Å². The van der Waals surface area contributed by atoms with Gasteiger partial charge in [-0.2, -0.15) is 0 Å². The highest BCUT2D eigenvalue weighted by atomic mass is 16.3. The molecule has 3 unspecified atom stereocenters. The maximum Gasteiger partial charge on any atom is 0.222 e. The zero-order valence-corrected chi connectivity index (χ0v) is 28.6. The van der Waals surface area contributed by atoms with Crippen molar-refractivity contribution >= 4 is 5.91 Å². The second-order valence-corrected chi connectivity index (χ2v) is 12.8. The molecule has 0 fully saturated rings. The first-order chi connectivity index (χ1) is 21.0. The number of carbonyl (C=O) groups is 1. The maximum absolute atomic E-state index is 12.3. The Morgan fingerprint density at radius 3 is 1.49 bits per heavy atom. The summed E-state index contributed by atoms with van der Waals surface area (Å²) in [5.41, 5.74) is 0. The molecular formula is C38H73NO4. The van der Waals surface area contributed by atoms with Crippen LogP contribution in [0.1, 0.15) is 187 Å². The van der Waals surface area contributed by atoms with Crippen molar-refractivity contribution < 1.29 is 20.1 Å². The first-order valence-corrected chi connectivity index (χ1v) is 18.6. The first-order valence-electron chi connectivity index (χ1n) is 18.6. The van der Waals surface area contributed by atoms with Gasteiger partial charge < -0.3 is 20.6 Å². The molecule has 254 valence electrons. The molecule has 0 aliphatic carbocycles. The standard InChI is InChI=1S/C38H73NO4/c1-3-5-7-9-11-13-14-15-16-17-18-19-20-21-22-23-24-26-28-30-32-37(42)36(34-40)39-38(43)33-35(41)31-29-27-25-12-10-8-6-4-2/h23-24,30,32,35-37,40-42H,3-22,25-29,31,33-34H2,1-2H3,(H,39,43)/b24-23+,32-30+. The number of amides is 1. The van der Waals surface area contributed by atoms with Crippen molar-refractivity contribution in [1.82, 2.24) is 5.32 Å². The molecule has 0 aliphatic heterocycles. The number of carbonyl (C=O) groups excluding carboxylic acids is 1. The Morgan fingerprint density at radius 1 is 0.581 bits per heavy atom. The quantitative estimate of drug-likeness (QED) is 0.0441. The largest absolute Gasteiger partial charge is 0.394 e. The van der Waals surface area contributed by atoms with Crippen LogP contribution in [0.3, 0.4) is 0 Å². The Bertz CT molecular complexity index is 635. The third-order valence-corrected chi connectivity index (χ3v) is 8.49. The SMILES string of the molecule is CCCCCCCCCCCCCCCC/C=C/CC/C=C/C(O)C(CO)NC(=O)CC(O)CCCCCCCCCC. The van der Waals surface area contributed by atoms with E-state index >= 15 is 0 Å². The van der Waals surface area contributed by atoms with Crippen LogP contribution in [0.4, 0.5) is 0 Å². The van der Waals surface area contributed by atoms with Gasteiger partial charge in [-0.15, -0.1) is 0 Å². The monoisotopic (exact) mass is 608 g/mol. The number of hydrogen-bond acceptors (Lipinski definition) is 4. The van der Waals surface area contributed by atoms with Crippen molar-refractivity contribution in [2.75, 3.05) is 6.61 Å². The molecule has 0 saturated carbocycles.